The van der Waals surface area contributed by atoms with Crippen LogP contribution in [0.5, 0.6) is 0 Å². The molecule has 0 saturated heterocycles. The number of aryl methyl sites for hydroxylation is 3. The Morgan fingerprint density at radius 2 is 1.85 bits per heavy atom. The molecular weight excluding hydrogens is 320 g/mol. The Hall–Kier alpha value is -1.94. The van der Waals surface area contributed by atoms with Gasteiger partial charge in [-0.3, -0.25) is 4.90 Å². The maximum Gasteiger partial charge on any atom is 0.133 e. The van der Waals surface area contributed by atoms with Crippen LogP contribution in [0.1, 0.15) is 54.9 Å². The van der Waals surface area contributed by atoms with Gasteiger partial charge in [-0.2, -0.15) is 0 Å². The Morgan fingerprint density at radius 3 is 2.65 bits per heavy atom. The van der Waals surface area contributed by atoms with Gasteiger partial charge >= 0.3 is 0 Å². The largest absolute Gasteiger partial charge is 0.315 e. The number of nitrogens with zero attached hydrogens (tertiary/aromatic N) is 4. The summed E-state index contributed by atoms with van der Waals surface area (Å²) in [7, 11) is 0. The first kappa shape index (κ1) is 17.5. The van der Waals surface area contributed by atoms with Crippen molar-refractivity contribution < 1.29 is 0 Å². The van der Waals surface area contributed by atoms with Crippen LogP contribution >= 0.6 is 0 Å². The molecule has 138 valence electrons. The minimum atomic E-state index is 1.05. The molecule has 4 heteroatoms. The van der Waals surface area contributed by atoms with E-state index >= 15 is 0 Å². The fourth-order valence-corrected chi connectivity index (χ4v) is 4.14. The molecule has 26 heavy (non-hydrogen) atoms. The van der Waals surface area contributed by atoms with Crippen molar-refractivity contribution in [1.82, 2.24) is 19.7 Å². The van der Waals surface area contributed by atoms with E-state index in [9.17, 15) is 0 Å². The van der Waals surface area contributed by atoms with E-state index in [4.69, 9.17) is 0 Å². The van der Waals surface area contributed by atoms with Crippen molar-refractivity contribution >= 4 is 5.57 Å². The highest BCUT2D eigenvalue weighted by molar-refractivity contribution is 5.66. The molecule has 0 saturated carbocycles. The molecule has 0 amide bonds. The van der Waals surface area contributed by atoms with Crippen LogP contribution in [-0.2, 0) is 19.4 Å². The van der Waals surface area contributed by atoms with Crippen LogP contribution in [0.25, 0.3) is 5.57 Å². The molecule has 3 heterocycles. The number of benzene rings is 1. The monoisotopic (exact) mass is 350 g/mol. The van der Waals surface area contributed by atoms with Crippen molar-refractivity contribution in [2.75, 3.05) is 19.6 Å². The van der Waals surface area contributed by atoms with Crippen LogP contribution in [0.4, 0.5) is 0 Å². The molecule has 0 fully saturated rings. The quantitative estimate of drug-likeness (QED) is 0.816. The van der Waals surface area contributed by atoms with Gasteiger partial charge in [0.2, 0.25) is 0 Å². The molecule has 0 unspecified atom stereocenters. The lowest BCUT2D eigenvalue weighted by molar-refractivity contribution is 0.296. The normalized spacial score (nSPS) is 18.3. The Kier molecular flexibility index (Phi) is 5.49. The Bertz CT molecular complexity index is 757. The fourth-order valence-electron chi connectivity index (χ4n) is 4.14. The van der Waals surface area contributed by atoms with Crippen LogP contribution in [0.3, 0.4) is 0 Å². The van der Waals surface area contributed by atoms with Gasteiger partial charge < -0.3 is 4.57 Å². The molecule has 4 nitrogen and oxygen atoms in total. The minimum absolute atomic E-state index is 1.05. The van der Waals surface area contributed by atoms with Crippen LogP contribution < -0.4 is 0 Å². The zero-order valence-corrected chi connectivity index (χ0v) is 16.0. The van der Waals surface area contributed by atoms with Crippen molar-refractivity contribution in [2.24, 2.45) is 0 Å². The molecule has 0 radical (unpaired) electrons. The summed E-state index contributed by atoms with van der Waals surface area (Å²) >= 11 is 0. The highest BCUT2D eigenvalue weighted by Gasteiger charge is 2.16. The maximum atomic E-state index is 4.46. The molecule has 0 N–H and O–H groups in total. The first-order chi connectivity index (χ1) is 12.8. The Balaban J connectivity index is 1.28. The Morgan fingerprint density at radius 1 is 0.962 bits per heavy atom. The molecule has 2 aromatic rings. The van der Waals surface area contributed by atoms with Crippen molar-refractivity contribution in [1.29, 1.82) is 0 Å². The van der Waals surface area contributed by atoms with Gasteiger partial charge in [0.05, 0.1) is 0 Å². The van der Waals surface area contributed by atoms with Gasteiger partial charge in [0.1, 0.15) is 11.6 Å². The second-order valence-electron chi connectivity index (χ2n) is 7.74. The zero-order valence-electron chi connectivity index (χ0n) is 16.0. The number of hydrogen-bond donors (Lipinski definition) is 0. The highest BCUT2D eigenvalue weighted by atomic mass is 15.3. The highest BCUT2D eigenvalue weighted by Crippen LogP contribution is 2.23. The molecule has 1 aromatic heterocycles. The predicted molar refractivity (Wildman–Crippen MR) is 106 cm³/mol. The smallest absolute Gasteiger partial charge is 0.133 e. The van der Waals surface area contributed by atoms with E-state index in [2.05, 4.69) is 56.9 Å². The van der Waals surface area contributed by atoms with Crippen molar-refractivity contribution in [2.45, 2.75) is 58.4 Å². The van der Waals surface area contributed by atoms with Crippen molar-refractivity contribution in [3.05, 3.63) is 53.1 Å². The maximum absolute atomic E-state index is 4.46. The van der Waals surface area contributed by atoms with Crippen LogP contribution in [0, 0.1) is 6.92 Å². The SMILES string of the molecule is Cc1ccc(C2=CCN(CCCc3nnc4n3CCCCC4)CC2)cc1. The summed E-state index contributed by atoms with van der Waals surface area (Å²) < 4.78 is 2.39. The van der Waals surface area contributed by atoms with Crippen LogP contribution in [0.15, 0.2) is 30.3 Å². The van der Waals surface area contributed by atoms with Gasteiger partial charge in [0.15, 0.2) is 0 Å². The first-order valence-electron chi connectivity index (χ1n) is 10.2. The summed E-state index contributed by atoms with van der Waals surface area (Å²) in [5.74, 6) is 2.41. The topological polar surface area (TPSA) is 34.0 Å². The molecule has 4 rings (SSSR count). The third-order valence-corrected chi connectivity index (χ3v) is 5.78. The summed E-state index contributed by atoms with van der Waals surface area (Å²) in [5, 5.41) is 8.89. The third-order valence-electron chi connectivity index (χ3n) is 5.78. The summed E-state index contributed by atoms with van der Waals surface area (Å²) in [6.45, 7) is 6.65. The fraction of sp³-hybridized carbons (Fsp3) is 0.545. The number of rotatable bonds is 5. The van der Waals surface area contributed by atoms with E-state index in [-0.39, 0.29) is 0 Å². The predicted octanol–water partition coefficient (Wildman–Crippen LogP) is 4.03. The lowest BCUT2D eigenvalue weighted by Crippen LogP contribution is -2.29. The molecule has 2 aliphatic rings. The molecule has 0 bridgehead atoms. The number of fused-ring (bicyclic) bond motifs is 1. The average Bonchev–Trinajstić information content (AvgIpc) is 2.89. The first-order valence-corrected chi connectivity index (χ1v) is 10.2. The molecule has 0 aliphatic carbocycles. The van der Waals surface area contributed by atoms with Gasteiger partial charge in [-0.05, 0) is 50.3 Å². The minimum Gasteiger partial charge on any atom is -0.315 e. The number of aromatic nitrogens is 3. The zero-order chi connectivity index (χ0) is 17.8. The van der Waals surface area contributed by atoms with E-state index in [0.29, 0.717) is 0 Å². The third kappa shape index (κ3) is 4.07. The van der Waals surface area contributed by atoms with Gasteiger partial charge in [-0.15, -0.1) is 10.2 Å². The molecular formula is C22H30N4. The Labute approximate surface area is 156 Å². The summed E-state index contributed by atoms with van der Waals surface area (Å²) in [4.78, 5) is 2.57. The average molecular weight is 351 g/mol. The standard InChI is InChI=1S/C22H30N4/c1-18-8-10-19(11-9-18)20-12-16-25(17-13-20)14-5-7-22-24-23-21-6-3-2-4-15-26(21)22/h8-12H,2-7,13-17H2,1H3. The lowest BCUT2D eigenvalue weighted by Gasteiger charge is -2.26. The van der Waals surface area contributed by atoms with E-state index in [1.54, 1.807) is 0 Å². The van der Waals surface area contributed by atoms with Crippen LogP contribution in [-0.4, -0.2) is 39.3 Å². The van der Waals surface area contributed by atoms with Gasteiger partial charge in [-0.25, -0.2) is 0 Å². The number of hydrogen-bond acceptors (Lipinski definition) is 3. The van der Waals surface area contributed by atoms with E-state index in [1.165, 1.54) is 54.0 Å². The molecule has 2 aliphatic heterocycles. The molecule has 1 aromatic carbocycles. The van der Waals surface area contributed by atoms with Crippen molar-refractivity contribution in [3.63, 3.8) is 0 Å². The van der Waals surface area contributed by atoms with Crippen LogP contribution in [0.2, 0.25) is 0 Å². The lowest BCUT2D eigenvalue weighted by atomic mass is 9.98. The van der Waals surface area contributed by atoms with Crippen molar-refractivity contribution in [3.8, 4) is 0 Å². The second kappa shape index (κ2) is 8.17. The van der Waals surface area contributed by atoms with Gasteiger partial charge in [0.25, 0.3) is 0 Å². The van der Waals surface area contributed by atoms with E-state index < -0.39 is 0 Å². The van der Waals surface area contributed by atoms with E-state index in [0.717, 1.165) is 45.4 Å². The summed E-state index contributed by atoms with van der Waals surface area (Å²) in [6, 6.07) is 8.94. The summed E-state index contributed by atoms with van der Waals surface area (Å²) in [6.07, 6.45) is 10.8. The summed E-state index contributed by atoms with van der Waals surface area (Å²) in [5.41, 5.74) is 4.23. The molecule has 0 atom stereocenters. The molecule has 0 spiro atoms. The van der Waals surface area contributed by atoms with Gasteiger partial charge in [0, 0.05) is 32.5 Å². The van der Waals surface area contributed by atoms with E-state index in [1.807, 2.05) is 0 Å². The van der Waals surface area contributed by atoms with Gasteiger partial charge in [-0.1, -0.05) is 42.3 Å². The second-order valence-corrected chi connectivity index (χ2v) is 7.74.